The van der Waals surface area contributed by atoms with Crippen molar-refractivity contribution in [3.05, 3.63) is 24.5 Å². The van der Waals surface area contributed by atoms with Crippen LogP contribution < -0.4 is 4.72 Å². The predicted molar refractivity (Wildman–Crippen MR) is 56.6 cm³/mol. The van der Waals surface area contributed by atoms with Gasteiger partial charge in [0.05, 0.1) is 11.4 Å². The summed E-state index contributed by atoms with van der Waals surface area (Å²) in [5, 5.41) is 0. The molecule has 0 fully saturated rings. The summed E-state index contributed by atoms with van der Waals surface area (Å²) >= 11 is 0. The SMILES string of the molecule is CCCCS(=O)(=O)Nc1ccncc1. The molecule has 0 aliphatic rings. The lowest BCUT2D eigenvalue weighted by Crippen LogP contribution is -2.16. The van der Waals surface area contributed by atoms with Crippen LogP contribution in [0.1, 0.15) is 19.8 Å². The van der Waals surface area contributed by atoms with Gasteiger partial charge in [0.1, 0.15) is 0 Å². The highest BCUT2D eigenvalue weighted by atomic mass is 32.2. The molecule has 0 amide bonds. The molecule has 1 N–H and O–H groups in total. The molecule has 0 bridgehead atoms. The van der Waals surface area contributed by atoms with Gasteiger partial charge in [-0.05, 0) is 18.6 Å². The van der Waals surface area contributed by atoms with Crippen molar-refractivity contribution in [2.45, 2.75) is 19.8 Å². The molecule has 14 heavy (non-hydrogen) atoms. The van der Waals surface area contributed by atoms with E-state index in [1.807, 2.05) is 6.92 Å². The van der Waals surface area contributed by atoms with E-state index >= 15 is 0 Å². The molecular formula is C9H14N2O2S. The van der Waals surface area contributed by atoms with Crippen LogP contribution in [0, 0.1) is 0 Å². The lowest BCUT2D eigenvalue weighted by Gasteiger charge is -2.06. The van der Waals surface area contributed by atoms with Gasteiger partial charge in [0, 0.05) is 12.4 Å². The molecule has 0 saturated heterocycles. The number of aromatic nitrogens is 1. The minimum atomic E-state index is -3.17. The van der Waals surface area contributed by atoms with Gasteiger partial charge in [-0.3, -0.25) is 9.71 Å². The lowest BCUT2D eigenvalue weighted by atomic mass is 10.4. The van der Waals surface area contributed by atoms with Gasteiger partial charge in [-0.25, -0.2) is 8.42 Å². The first-order chi connectivity index (χ1) is 6.64. The number of hydrogen-bond donors (Lipinski definition) is 1. The number of hydrogen-bond acceptors (Lipinski definition) is 3. The average molecular weight is 214 g/mol. The molecule has 0 unspecified atom stereocenters. The van der Waals surface area contributed by atoms with Gasteiger partial charge in [-0.1, -0.05) is 13.3 Å². The van der Waals surface area contributed by atoms with Gasteiger partial charge < -0.3 is 0 Å². The fraction of sp³-hybridized carbons (Fsp3) is 0.444. The highest BCUT2D eigenvalue weighted by molar-refractivity contribution is 7.92. The standard InChI is InChI=1S/C9H14N2O2S/c1-2-3-8-14(12,13)11-9-4-6-10-7-5-9/h4-7H,2-3,8H2,1H3,(H,10,11). The van der Waals surface area contributed by atoms with Crippen molar-refractivity contribution in [2.75, 3.05) is 10.5 Å². The summed E-state index contributed by atoms with van der Waals surface area (Å²) in [6, 6.07) is 3.26. The Morgan fingerprint density at radius 1 is 1.36 bits per heavy atom. The number of anilines is 1. The van der Waals surface area contributed by atoms with E-state index in [9.17, 15) is 8.42 Å². The van der Waals surface area contributed by atoms with Crippen LogP contribution in [0.15, 0.2) is 24.5 Å². The van der Waals surface area contributed by atoms with Crippen molar-refractivity contribution in [3.63, 3.8) is 0 Å². The van der Waals surface area contributed by atoms with Gasteiger partial charge in [0.25, 0.3) is 0 Å². The Bertz CT molecular complexity index is 362. The Morgan fingerprint density at radius 2 is 2.00 bits per heavy atom. The van der Waals surface area contributed by atoms with E-state index < -0.39 is 10.0 Å². The van der Waals surface area contributed by atoms with Crippen LogP contribution in [-0.4, -0.2) is 19.2 Å². The molecule has 78 valence electrons. The van der Waals surface area contributed by atoms with Crippen LogP contribution in [0.2, 0.25) is 0 Å². The van der Waals surface area contributed by atoms with Crippen molar-refractivity contribution in [1.29, 1.82) is 0 Å². The number of nitrogens with zero attached hydrogens (tertiary/aromatic N) is 1. The first-order valence-electron chi connectivity index (χ1n) is 4.54. The zero-order valence-corrected chi connectivity index (χ0v) is 8.92. The molecule has 0 spiro atoms. The Labute approximate surface area is 84.4 Å². The quantitative estimate of drug-likeness (QED) is 0.810. The monoisotopic (exact) mass is 214 g/mol. The fourth-order valence-corrected chi connectivity index (χ4v) is 2.25. The number of pyridine rings is 1. The van der Waals surface area contributed by atoms with Crippen LogP contribution in [0.5, 0.6) is 0 Å². The number of nitrogens with one attached hydrogen (secondary N) is 1. The van der Waals surface area contributed by atoms with Crippen molar-refractivity contribution in [2.24, 2.45) is 0 Å². The fourth-order valence-electron chi connectivity index (χ4n) is 0.985. The maximum absolute atomic E-state index is 11.4. The Hall–Kier alpha value is -1.10. The van der Waals surface area contributed by atoms with E-state index in [2.05, 4.69) is 9.71 Å². The molecule has 0 aromatic carbocycles. The Morgan fingerprint density at radius 3 is 2.57 bits per heavy atom. The first kappa shape index (κ1) is 11.0. The molecule has 0 atom stereocenters. The van der Waals surface area contributed by atoms with Crippen molar-refractivity contribution in [1.82, 2.24) is 4.98 Å². The summed E-state index contributed by atoms with van der Waals surface area (Å²) in [6.07, 6.45) is 4.66. The minimum Gasteiger partial charge on any atom is -0.283 e. The van der Waals surface area contributed by atoms with E-state index in [0.29, 0.717) is 12.1 Å². The first-order valence-corrected chi connectivity index (χ1v) is 6.20. The van der Waals surface area contributed by atoms with Crippen LogP contribution >= 0.6 is 0 Å². The summed E-state index contributed by atoms with van der Waals surface area (Å²) in [4.78, 5) is 3.80. The van der Waals surface area contributed by atoms with Crippen molar-refractivity contribution < 1.29 is 8.42 Å². The molecular weight excluding hydrogens is 200 g/mol. The second-order valence-corrected chi connectivity index (χ2v) is 4.85. The number of sulfonamides is 1. The number of rotatable bonds is 5. The summed E-state index contributed by atoms with van der Waals surface area (Å²) in [5.41, 5.74) is 0.566. The normalized spacial score (nSPS) is 11.2. The van der Waals surface area contributed by atoms with Gasteiger partial charge in [-0.2, -0.15) is 0 Å². The smallest absolute Gasteiger partial charge is 0.232 e. The van der Waals surface area contributed by atoms with E-state index in [-0.39, 0.29) is 5.75 Å². The highest BCUT2D eigenvalue weighted by Gasteiger charge is 2.08. The third-order valence-electron chi connectivity index (χ3n) is 1.72. The summed E-state index contributed by atoms with van der Waals surface area (Å²) < 4.78 is 25.3. The van der Waals surface area contributed by atoms with Crippen molar-refractivity contribution >= 4 is 15.7 Å². The van der Waals surface area contributed by atoms with Gasteiger partial charge in [0.15, 0.2) is 0 Å². The van der Waals surface area contributed by atoms with Gasteiger partial charge in [-0.15, -0.1) is 0 Å². The third-order valence-corrected chi connectivity index (χ3v) is 3.09. The number of unbranched alkanes of at least 4 members (excludes halogenated alkanes) is 1. The third kappa shape index (κ3) is 3.74. The van der Waals surface area contributed by atoms with E-state index in [4.69, 9.17) is 0 Å². The highest BCUT2D eigenvalue weighted by Crippen LogP contribution is 2.07. The Kier molecular flexibility index (Phi) is 3.88. The largest absolute Gasteiger partial charge is 0.283 e. The van der Waals surface area contributed by atoms with Gasteiger partial charge in [0.2, 0.25) is 10.0 Å². The summed E-state index contributed by atoms with van der Waals surface area (Å²) in [6.45, 7) is 1.96. The van der Waals surface area contributed by atoms with E-state index in [1.54, 1.807) is 24.5 Å². The van der Waals surface area contributed by atoms with Gasteiger partial charge >= 0.3 is 0 Å². The topological polar surface area (TPSA) is 59.1 Å². The molecule has 4 nitrogen and oxygen atoms in total. The molecule has 0 aliphatic heterocycles. The second kappa shape index (κ2) is 4.95. The minimum absolute atomic E-state index is 0.172. The average Bonchev–Trinajstić information content (AvgIpc) is 2.16. The zero-order valence-electron chi connectivity index (χ0n) is 8.10. The molecule has 1 aromatic heterocycles. The molecule has 5 heteroatoms. The molecule has 1 rings (SSSR count). The molecule has 1 aromatic rings. The van der Waals surface area contributed by atoms with Crippen LogP contribution in [0.25, 0.3) is 0 Å². The molecule has 0 saturated carbocycles. The maximum Gasteiger partial charge on any atom is 0.232 e. The van der Waals surface area contributed by atoms with Crippen LogP contribution in [-0.2, 0) is 10.0 Å². The molecule has 1 heterocycles. The van der Waals surface area contributed by atoms with E-state index in [0.717, 1.165) is 6.42 Å². The predicted octanol–water partition coefficient (Wildman–Crippen LogP) is 1.62. The summed E-state index contributed by atoms with van der Waals surface area (Å²) in [5.74, 6) is 0.172. The Balaban J connectivity index is 2.60. The van der Waals surface area contributed by atoms with Crippen molar-refractivity contribution in [3.8, 4) is 0 Å². The lowest BCUT2D eigenvalue weighted by molar-refractivity contribution is 0.598. The zero-order chi connectivity index (χ0) is 10.4. The molecule has 0 aliphatic carbocycles. The van der Waals surface area contributed by atoms with Crippen LogP contribution in [0.3, 0.4) is 0 Å². The second-order valence-electron chi connectivity index (χ2n) is 3.01. The molecule has 0 radical (unpaired) electrons. The van der Waals surface area contributed by atoms with Crippen LogP contribution in [0.4, 0.5) is 5.69 Å². The van der Waals surface area contributed by atoms with E-state index in [1.165, 1.54) is 0 Å². The summed E-state index contributed by atoms with van der Waals surface area (Å²) in [7, 11) is -3.17. The maximum atomic E-state index is 11.4.